The van der Waals surface area contributed by atoms with E-state index in [1.807, 2.05) is 0 Å². The Bertz CT molecular complexity index is 754. The minimum atomic E-state index is -1.33. The second-order valence-electron chi connectivity index (χ2n) is 7.22. The predicted molar refractivity (Wildman–Crippen MR) is 104 cm³/mol. The third-order valence-corrected chi connectivity index (χ3v) is 6.53. The predicted octanol–water partition coefficient (Wildman–Crippen LogP) is 2.71. The van der Waals surface area contributed by atoms with Gasteiger partial charge in [0.25, 0.3) is 0 Å². The van der Waals surface area contributed by atoms with E-state index < -0.39 is 23.5 Å². The maximum absolute atomic E-state index is 14.6. The van der Waals surface area contributed by atoms with Gasteiger partial charge in [0, 0.05) is 25.1 Å². The maximum Gasteiger partial charge on any atom is 0.241 e. The summed E-state index contributed by atoms with van der Waals surface area (Å²) in [7, 11) is 0. The van der Waals surface area contributed by atoms with Crippen molar-refractivity contribution in [3.8, 4) is 0 Å². The first-order valence-corrected chi connectivity index (χ1v) is 10.7. The lowest BCUT2D eigenvalue weighted by Crippen LogP contribution is -2.43. The Balaban J connectivity index is 1.52. The van der Waals surface area contributed by atoms with E-state index in [1.165, 1.54) is 6.08 Å². The number of hydrogen-bond acceptors (Lipinski definition) is 6. The van der Waals surface area contributed by atoms with Crippen LogP contribution in [0.15, 0.2) is 33.4 Å². The summed E-state index contributed by atoms with van der Waals surface area (Å²) in [4.78, 5) is 21.1. The topological polar surface area (TPSA) is 72.3 Å². The van der Waals surface area contributed by atoms with E-state index >= 15 is 0 Å². The zero-order valence-corrected chi connectivity index (χ0v) is 16.3. The van der Waals surface area contributed by atoms with Crippen LogP contribution in [0.25, 0.3) is 0 Å². The number of nitrogens with zero attached hydrogens (tertiary/aromatic N) is 2. The van der Waals surface area contributed by atoms with Gasteiger partial charge in [-0.05, 0) is 31.8 Å². The molecule has 2 fully saturated rings. The second-order valence-corrected chi connectivity index (χ2v) is 8.51. The number of hydrogen-bond donors (Lipinski definition) is 1. The van der Waals surface area contributed by atoms with Crippen molar-refractivity contribution in [1.82, 2.24) is 5.32 Å². The maximum atomic E-state index is 14.6. The number of rotatable bonds is 4. The summed E-state index contributed by atoms with van der Waals surface area (Å²) >= 11 is 1.70. The van der Waals surface area contributed by atoms with Gasteiger partial charge in [0.15, 0.2) is 11.7 Å². The van der Waals surface area contributed by atoms with Gasteiger partial charge in [-0.2, -0.15) is 11.8 Å². The Hall–Kier alpha value is -1.58. The van der Waals surface area contributed by atoms with Crippen LogP contribution in [0.3, 0.4) is 0 Å². The van der Waals surface area contributed by atoms with Gasteiger partial charge in [0.2, 0.25) is 5.91 Å². The van der Waals surface area contributed by atoms with Crippen LogP contribution in [0.2, 0.25) is 0 Å². The quantitative estimate of drug-likeness (QED) is 0.772. The van der Waals surface area contributed by atoms with E-state index in [0.29, 0.717) is 30.1 Å². The highest BCUT2D eigenvalue weighted by Gasteiger charge is 2.39. The average molecular weight is 411 g/mol. The molecule has 0 aromatic heterocycles. The minimum Gasteiger partial charge on any atom is -0.381 e. The summed E-state index contributed by atoms with van der Waals surface area (Å²) in [6, 6.07) is -0.208. The molecule has 6 nitrogen and oxygen atoms in total. The summed E-state index contributed by atoms with van der Waals surface area (Å²) < 4.78 is 39.7. The zero-order chi connectivity index (χ0) is 19.5. The van der Waals surface area contributed by atoms with Gasteiger partial charge in [0.05, 0.1) is 29.8 Å². The summed E-state index contributed by atoms with van der Waals surface area (Å²) in [5.41, 5.74) is 0.120. The monoisotopic (exact) mass is 411 g/mol. The van der Waals surface area contributed by atoms with Crippen molar-refractivity contribution in [3.05, 3.63) is 23.4 Å². The molecule has 0 saturated carbocycles. The van der Waals surface area contributed by atoms with Crippen LogP contribution < -0.4 is 5.32 Å². The van der Waals surface area contributed by atoms with Crippen LogP contribution in [0.4, 0.5) is 8.78 Å². The molecule has 152 valence electrons. The molecule has 1 amide bonds. The number of carbonyl (C=O) groups excluding carboxylic acids is 1. The van der Waals surface area contributed by atoms with Crippen molar-refractivity contribution in [1.29, 1.82) is 0 Å². The summed E-state index contributed by atoms with van der Waals surface area (Å²) in [6.07, 6.45) is 4.92. The summed E-state index contributed by atoms with van der Waals surface area (Å²) in [6.45, 7) is 2.53. The van der Waals surface area contributed by atoms with Gasteiger partial charge in [-0.3, -0.25) is 9.79 Å². The van der Waals surface area contributed by atoms with Gasteiger partial charge in [-0.1, -0.05) is 0 Å². The number of allylic oxidation sites excluding steroid dienone is 2. The van der Waals surface area contributed by atoms with E-state index in [9.17, 15) is 13.6 Å². The molecule has 0 radical (unpaired) electrons. The molecule has 0 aromatic carbocycles. The molecule has 28 heavy (non-hydrogen) atoms. The molecule has 1 aliphatic carbocycles. The van der Waals surface area contributed by atoms with Crippen molar-refractivity contribution >= 4 is 29.2 Å². The van der Waals surface area contributed by atoms with E-state index in [0.717, 1.165) is 38.9 Å². The van der Waals surface area contributed by atoms with Crippen molar-refractivity contribution in [2.75, 3.05) is 32.2 Å². The standard InChI is InChI=1S/C19H23F2N3O3S/c20-17-14(22-11-2-1-5-27-9-11)8-13-16(18(17)21)19(25)24-15(23-13)10-28-12-3-6-26-7-4-12/h8,11-12,16H,1-7,9-10H2,(H,23,24,25)/t11-,16?/m1/s1. The highest BCUT2D eigenvalue weighted by molar-refractivity contribution is 8.00. The molecule has 0 spiro atoms. The Morgan fingerprint density at radius 3 is 2.79 bits per heavy atom. The van der Waals surface area contributed by atoms with Gasteiger partial charge in [-0.25, -0.2) is 13.8 Å². The van der Waals surface area contributed by atoms with Gasteiger partial charge in [-0.15, -0.1) is 0 Å². The first-order chi connectivity index (χ1) is 13.6. The molecular formula is C19H23F2N3O3S. The Morgan fingerprint density at radius 2 is 2.04 bits per heavy atom. The number of carbonyl (C=O) groups is 1. The van der Waals surface area contributed by atoms with Crippen LogP contribution in [0.1, 0.15) is 25.7 Å². The van der Waals surface area contributed by atoms with Crippen LogP contribution in [-0.2, 0) is 14.3 Å². The van der Waals surface area contributed by atoms with Gasteiger partial charge < -0.3 is 14.8 Å². The molecule has 9 heteroatoms. The summed E-state index contributed by atoms with van der Waals surface area (Å²) in [5.74, 6) is -3.14. The van der Waals surface area contributed by atoms with Crippen molar-refractivity contribution in [2.45, 2.75) is 37.0 Å². The number of aliphatic imine (C=N–C) groups is 2. The van der Waals surface area contributed by atoms with E-state index in [4.69, 9.17) is 9.47 Å². The average Bonchev–Trinajstić information content (AvgIpc) is 2.71. The van der Waals surface area contributed by atoms with Crippen LogP contribution in [-0.4, -0.2) is 60.9 Å². The largest absolute Gasteiger partial charge is 0.381 e. The molecule has 2 atom stereocenters. The number of fused-ring (bicyclic) bond motifs is 1. The van der Waals surface area contributed by atoms with E-state index in [-0.39, 0.29) is 17.5 Å². The Labute approximate surface area is 166 Å². The number of amides is 1. The SMILES string of the molecule is O=C1NC(CSC2CCOCC2)=NC2=CC(=N[C@@H]3CCCOC3)C(F)=C(F)C12. The zero-order valence-electron chi connectivity index (χ0n) is 15.5. The van der Waals surface area contributed by atoms with Crippen LogP contribution in [0.5, 0.6) is 0 Å². The molecule has 4 aliphatic rings. The molecule has 0 aromatic rings. The Morgan fingerprint density at radius 1 is 1.21 bits per heavy atom. The lowest BCUT2D eigenvalue weighted by Gasteiger charge is -2.27. The molecule has 3 heterocycles. The number of amidine groups is 1. The minimum absolute atomic E-state index is 0.0888. The van der Waals surface area contributed by atoms with E-state index in [2.05, 4.69) is 15.3 Å². The Kier molecular flexibility index (Phi) is 6.22. The first kappa shape index (κ1) is 19.7. The number of nitrogens with one attached hydrogen (secondary N) is 1. The molecule has 1 N–H and O–H groups in total. The van der Waals surface area contributed by atoms with Gasteiger partial charge >= 0.3 is 0 Å². The molecule has 4 rings (SSSR count). The lowest BCUT2D eigenvalue weighted by atomic mass is 9.93. The van der Waals surface area contributed by atoms with Crippen LogP contribution >= 0.6 is 11.8 Å². The third kappa shape index (κ3) is 4.36. The second kappa shape index (κ2) is 8.84. The number of ether oxygens (including phenoxy) is 2. The molecule has 2 saturated heterocycles. The van der Waals surface area contributed by atoms with Gasteiger partial charge in [0.1, 0.15) is 11.8 Å². The highest BCUT2D eigenvalue weighted by Crippen LogP contribution is 2.35. The highest BCUT2D eigenvalue weighted by atomic mass is 32.2. The van der Waals surface area contributed by atoms with Crippen molar-refractivity contribution < 1.29 is 23.0 Å². The number of thioether (sulfide) groups is 1. The first-order valence-electron chi connectivity index (χ1n) is 9.62. The third-order valence-electron chi connectivity index (χ3n) is 5.14. The normalized spacial score (nSPS) is 30.6. The fraction of sp³-hybridized carbons (Fsp3) is 0.632. The molecular weight excluding hydrogens is 388 g/mol. The number of halogens is 2. The van der Waals surface area contributed by atoms with Crippen LogP contribution in [0, 0.1) is 5.92 Å². The van der Waals surface area contributed by atoms with Crippen molar-refractivity contribution in [3.63, 3.8) is 0 Å². The molecule has 3 aliphatic heterocycles. The van der Waals surface area contributed by atoms with Crippen molar-refractivity contribution in [2.24, 2.45) is 15.9 Å². The smallest absolute Gasteiger partial charge is 0.241 e. The fourth-order valence-electron chi connectivity index (χ4n) is 3.63. The lowest BCUT2D eigenvalue weighted by molar-refractivity contribution is -0.122. The van der Waals surface area contributed by atoms with E-state index in [1.54, 1.807) is 11.8 Å². The summed E-state index contributed by atoms with van der Waals surface area (Å²) in [5, 5.41) is 3.07. The molecule has 0 bridgehead atoms. The fourth-order valence-corrected chi connectivity index (χ4v) is 4.69. The molecule has 1 unspecified atom stereocenters.